The summed E-state index contributed by atoms with van der Waals surface area (Å²) in [4.78, 5) is 26.5. The Morgan fingerprint density at radius 3 is 2.35 bits per heavy atom. The number of ether oxygens (including phenoxy) is 1. The number of rotatable bonds is 3. The van der Waals surface area contributed by atoms with Crippen LogP contribution in [0.4, 0.5) is 4.79 Å². The van der Waals surface area contributed by atoms with Gasteiger partial charge in [-0.05, 0) is 38.0 Å². The van der Waals surface area contributed by atoms with E-state index in [-0.39, 0.29) is 23.5 Å². The average molecular weight is 282 g/mol. The van der Waals surface area contributed by atoms with Crippen molar-refractivity contribution in [2.24, 2.45) is 5.41 Å². The summed E-state index contributed by atoms with van der Waals surface area (Å²) in [5, 5.41) is 9.26. The van der Waals surface area contributed by atoms with E-state index in [9.17, 15) is 14.7 Å². The first-order valence-corrected chi connectivity index (χ1v) is 7.42. The topological polar surface area (TPSA) is 70.1 Å². The molecule has 3 heterocycles. The van der Waals surface area contributed by atoms with Crippen molar-refractivity contribution in [2.75, 3.05) is 26.2 Å². The van der Waals surface area contributed by atoms with Crippen LogP contribution >= 0.6 is 0 Å². The maximum atomic E-state index is 11.5. The van der Waals surface area contributed by atoms with Gasteiger partial charge in [-0.1, -0.05) is 0 Å². The molecule has 6 nitrogen and oxygen atoms in total. The maximum Gasteiger partial charge on any atom is 0.407 e. The molecule has 1 spiro atoms. The number of fused-ring (bicyclic) bond motifs is 2. The minimum atomic E-state index is -0.768. The van der Waals surface area contributed by atoms with E-state index in [2.05, 4.69) is 4.90 Å². The molecule has 1 amide bonds. The zero-order chi connectivity index (χ0) is 14.3. The van der Waals surface area contributed by atoms with Crippen molar-refractivity contribution in [3.63, 3.8) is 0 Å². The van der Waals surface area contributed by atoms with Gasteiger partial charge >= 0.3 is 12.1 Å². The molecule has 0 aliphatic carbocycles. The summed E-state index contributed by atoms with van der Waals surface area (Å²) in [6, 6.07) is 0.381. The Hall–Kier alpha value is -1.30. The molecule has 0 radical (unpaired) electrons. The molecule has 1 N–H and O–H groups in total. The van der Waals surface area contributed by atoms with Crippen LogP contribution in [0, 0.1) is 5.41 Å². The van der Waals surface area contributed by atoms with E-state index in [0.29, 0.717) is 13.2 Å². The highest BCUT2D eigenvalue weighted by molar-refractivity contribution is 5.71. The van der Waals surface area contributed by atoms with E-state index in [1.165, 1.54) is 0 Å². The molecule has 20 heavy (non-hydrogen) atoms. The number of hydrogen-bond acceptors (Lipinski definition) is 4. The highest BCUT2D eigenvalue weighted by Crippen LogP contribution is 2.50. The van der Waals surface area contributed by atoms with Gasteiger partial charge in [-0.15, -0.1) is 0 Å². The van der Waals surface area contributed by atoms with Gasteiger partial charge < -0.3 is 14.7 Å². The van der Waals surface area contributed by atoms with Crippen LogP contribution in [0.15, 0.2) is 0 Å². The number of piperidine rings is 1. The predicted octanol–water partition coefficient (Wildman–Crippen LogP) is 1.16. The summed E-state index contributed by atoms with van der Waals surface area (Å²) in [5.74, 6) is -0.159. The van der Waals surface area contributed by atoms with Gasteiger partial charge in [0.15, 0.2) is 0 Å². The van der Waals surface area contributed by atoms with E-state index >= 15 is 0 Å². The Labute approximate surface area is 118 Å². The van der Waals surface area contributed by atoms with Crippen LogP contribution in [0.3, 0.4) is 0 Å². The standard InChI is InChI=1S/C14H22N2O4/c1-2-20-12(17)7-15-8-14(9-15)5-10-3-4-11(6-14)16(10)13(18)19/h10-11H,2-9H2,1H3,(H,18,19)/t10-,11+. The fourth-order valence-electron chi connectivity index (χ4n) is 4.42. The molecule has 0 aromatic carbocycles. The molecule has 3 aliphatic heterocycles. The lowest BCUT2D eigenvalue weighted by Gasteiger charge is -2.55. The van der Waals surface area contributed by atoms with Crippen molar-refractivity contribution >= 4 is 12.1 Å². The second-order valence-corrected chi connectivity index (χ2v) is 6.43. The zero-order valence-corrected chi connectivity index (χ0v) is 11.9. The van der Waals surface area contributed by atoms with Crippen molar-refractivity contribution in [3.8, 4) is 0 Å². The van der Waals surface area contributed by atoms with Gasteiger partial charge in [0, 0.05) is 25.2 Å². The van der Waals surface area contributed by atoms with E-state index < -0.39 is 6.09 Å². The first kappa shape index (κ1) is 13.7. The smallest absolute Gasteiger partial charge is 0.407 e. The lowest BCUT2D eigenvalue weighted by Crippen LogP contribution is -2.64. The molecule has 2 bridgehead atoms. The molecule has 6 heteroatoms. The van der Waals surface area contributed by atoms with Crippen molar-refractivity contribution in [3.05, 3.63) is 0 Å². The third-order valence-electron chi connectivity index (χ3n) is 4.95. The minimum absolute atomic E-state index is 0.159. The van der Waals surface area contributed by atoms with Crippen LogP contribution in [-0.4, -0.2) is 65.3 Å². The predicted molar refractivity (Wildman–Crippen MR) is 71.4 cm³/mol. The molecule has 0 saturated carbocycles. The van der Waals surface area contributed by atoms with Gasteiger partial charge in [0.05, 0.1) is 13.2 Å². The van der Waals surface area contributed by atoms with E-state index in [1.54, 1.807) is 4.90 Å². The number of amides is 1. The number of nitrogens with zero attached hydrogens (tertiary/aromatic N) is 2. The molecule has 2 atom stereocenters. The summed E-state index contributed by atoms with van der Waals surface area (Å²) in [6.07, 6.45) is 3.13. The van der Waals surface area contributed by atoms with Crippen molar-refractivity contribution in [1.82, 2.24) is 9.80 Å². The van der Waals surface area contributed by atoms with Crippen LogP contribution in [0.5, 0.6) is 0 Å². The van der Waals surface area contributed by atoms with Crippen LogP contribution in [-0.2, 0) is 9.53 Å². The quantitative estimate of drug-likeness (QED) is 0.787. The highest BCUT2D eigenvalue weighted by Gasteiger charge is 2.54. The number of likely N-dealkylation sites (tertiary alicyclic amines) is 1. The largest absolute Gasteiger partial charge is 0.465 e. The molecule has 0 unspecified atom stereocenters. The van der Waals surface area contributed by atoms with Crippen molar-refractivity contribution < 1.29 is 19.4 Å². The molecular formula is C14H22N2O4. The van der Waals surface area contributed by atoms with E-state index in [1.807, 2.05) is 6.92 Å². The number of carboxylic acid groups (broad SMARTS) is 1. The highest BCUT2D eigenvalue weighted by atomic mass is 16.5. The van der Waals surface area contributed by atoms with Crippen LogP contribution < -0.4 is 0 Å². The molecule has 0 aromatic rings. The summed E-state index contributed by atoms with van der Waals surface area (Å²) in [7, 11) is 0. The Kier molecular flexibility index (Phi) is 3.36. The molecule has 112 valence electrons. The first-order chi connectivity index (χ1) is 9.53. The van der Waals surface area contributed by atoms with Gasteiger partial charge in [0.2, 0.25) is 0 Å². The summed E-state index contributed by atoms with van der Waals surface area (Å²) in [6.45, 7) is 4.43. The molecule has 3 fully saturated rings. The van der Waals surface area contributed by atoms with Gasteiger partial charge in [0.25, 0.3) is 0 Å². The third-order valence-corrected chi connectivity index (χ3v) is 4.95. The first-order valence-electron chi connectivity index (χ1n) is 7.42. The average Bonchev–Trinajstić information content (AvgIpc) is 2.60. The van der Waals surface area contributed by atoms with E-state index in [0.717, 1.165) is 38.8 Å². The monoisotopic (exact) mass is 282 g/mol. The summed E-state index contributed by atoms with van der Waals surface area (Å²) < 4.78 is 4.96. The Morgan fingerprint density at radius 1 is 1.25 bits per heavy atom. The zero-order valence-electron chi connectivity index (χ0n) is 11.9. The maximum absolute atomic E-state index is 11.5. The molecule has 3 aliphatic rings. The molecule has 0 aromatic heterocycles. The number of esters is 1. The van der Waals surface area contributed by atoms with Gasteiger partial charge in [-0.3, -0.25) is 9.69 Å². The van der Waals surface area contributed by atoms with Gasteiger partial charge in [0.1, 0.15) is 0 Å². The molecule has 3 rings (SSSR count). The van der Waals surface area contributed by atoms with E-state index in [4.69, 9.17) is 4.74 Å². The second kappa shape index (κ2) is 4.91. The normalized spacial score (nSPS) is 31.1. The summed E-state index contributed by atoms with van der Waals surface area (Å²) in [5.41, 5.74) is 0.240. The van der Waals surface area contributed by atoms with Crippen molar-refractivity contribution in [2.45, 2.75) is 44.7 Å². The fraction of sp³-hybridized carbons (Fsp3) is 0.857. The fourth-order valence-corrected chi connectivity index (χ4v) is 4.42. The Bertz CT molecular complexity index is 403. The number of carbonyl (C=O) groups is 2. The SMILES string of the molecule is CCOC(=O)CN1CC2(C[C@H]3CC[C@@H](C2)N3C(=O)O)C1. The minimum Gasteiger partial charge on any atom is -0.465 e. The molecular weight excluding hydrogens is 260 g/mol. The second-order valence-electron chi connectivity index (χ2n) is 6.43. The van der Waals surface area contributed by atoms with Gasteiger partial charge in [-0.2, -0.15) is 0 Å². The Morgan fingerprint density at radius 2 is 1.85 bits per heavy atom. The third kappa shape index (κ3) is 2.26. The Balaban J connectivity index is 1.55. The van der Waals surface area contributed by atoms with Crippen molar-refractivity contribution in [1.29, 1.82) is 0 Å². The van der Waals surface area contributed by atoms with Crippen LogP contribution in [0.25, 0.3) is 0 Å². The lowest BCUT2D eigenvalue weighted by molar-refractivity contribution is -0.149. The summed E-state index contributed by atoms with van der Waals surface area (Å²) >= 11 is 0. The van der Waals surface area contributed by atoms with Crippen LogP contribution in [0.1, 0.15) is 32.6 Å². The van der Waals surface area contributed by atoms with Gasteiger partial charge in [-0.25, -0.2) is 4.79 Å². The number of carbonyl (C=O) groups excluding carboxylic acids is 1. The molecule has 3 saturated heterocycles. The van der Waals surface area contributed by atoms with Crippen LogP contribution in [0.2, 0.25) is 0 Å². The lowest BCUT2D eigenvalue weighted by atomic mass is 9.69. The number of hydrogen-bond donors (Lipinski definition) is 1.